The zero-order valence-electron chi connectivity index (χ0n) is 13.5. The van der Waals surface area contributed by atoms with Crippen LogP contribution in [0, 0.1) is 0 Å². The molecule has 27 heavy (non-hydrogen) atoms. The lowest BCUT2D eigenvalue weighted by Gasteiger charge is -2.09. The van der Waals surface area contributed by atoms with Gasteiger partial charge in [-0.1, -0.05) is 17.7 Å². The van der Waals surface area contributed by atoms with E-state index in [1.165, 1.54) is 18.2 Å². The second kappa shape index (κ2) is 8.51. The summed E-state index contributed by atoms with van der Waals surface area (Å²) in [6.45, 7) is -0.115. The van der Waals surface area contributed by atoms with E-state index in [0.717, 1.165) is 36.0 Å². The molecular formula is C16H13ClF3NO4S2. The zero-order valence-corrected chi connectivity index (χ0v) is 15.9. The van der Waals surface area contributed by atoms with E-state index in [1.807, 2.05) is 0 Å². The van der Waals surface area contributed by atoms with E-state index in [1.54, 1.807) is 0 Å². The molecule has 2 aromatic rings. The molecule has 0 saturated heterocycles. The third kappa shape index (κ3) is 6.13. The monoisotopic (exact) mass is 439 g/mol. The van der Waals surface area contributed by atoms with Crippen molar-refractivity contribution in [3.05, 3.63) is 58.6 Å². The molecule has 0 saturated carbocycles. The van der Waals surface area contributed by atoms with Gasteiger partial charge in [0.05, 0.1) is 21.0 Å². The maximum atomic E-state index is 12.7. The number of thioether (sulfide) groups is 1. The number of ether oxygens (including phenoxy) is 1. The fourth-order valence-electron chi connectivity index (χ4n) is 1.97. The van der Waals surface area contributed by atoms with Crippen LogP contribution in [0.5, 0.6) is 0 Å². The molecule has 0 bridgehead atoms. The maximum Gasteiger partial charge on any atom is 0.416 e. The molecule has 5 nitrogen and oxygen atoms in total. The fourth-order valence-corrected chi connectivity index (χ4v) is 3.49. The molecule has 0 atom stereocenters. The molecule has 0 heterocycles. The molecule has 11 heteroatoms. The molecule has 2 N–H and O–H groups in total. The number of hydrogen-bond acceptors (Lipinski definition) is 5. The third-order valence-electron chi connectivity index (χ3n) is 3.23. The number of esters is 1. The first-order valence-corrected chi connectivity index (χ1v) is 10.2. The van der Waals surface area contributed by atoms with Crippen LogP contribution in [-0.4, -0.2) is 26.7 Å². The first-order valence-electron chi connectivity index (χ1n) is 7.28. The first kappa shape index (κ1) is 21.5. The molecule has 2 rings (SSSR count). The number of rotatable bonds is 6. The van der Waals surface area contributed by atoms with Gasteiger partial charge in [-0.25, -0.2) is 18.4 Å². The number of halogens is 4. The summed E-state index contributed by atoms with van der Waals surface area (Å²) in [7, 11) is -4.02. The summed E-state index contributed by atoms with van der Waals surface area (Å²) in [4.78, 5) is 12.1. The standard InChI is InChI=1S/C16H13ClF3NO4S2/c17-14-5-4-12(27(21,23)24)9-13(14)15(22)25-6-7-26-11-3-1-2-10(8-11)16(18,19)20/h1-5,8-9H,6-7H2,(H2,21,23,24). The molecule has 0 spiro atoms. The minimum Gasteiger partial charge on any atom is -0.461 e. The summed E-state index contributed by atoms with van der Waals surface area (Å²) < 4.78 is 65.6. The van der Waals surface area contributed by atoms with Crippen molar-refractivity contribution in [2.75, 3.05) is 12.4 Å². The summed E-state index contributed by atoms with van der Waals surface area (Å²) >= 11 is 6.94. The van der Waals surface area contributed by atoms with Crippen LogP contribution in [0.3, 0.4) is 0 Å². The predicted molar refractivity (Wildman–Crippen MR) is 95.3 cm³/mol. The van der Waals surface area contributed by atoms with Crippen molar-refractivity contribution in [1.29, 1.82) is 0 Å². The summed E-state index contributed by atoms with van der Waals surface area (Å²) in [5.74, 6) is -0.672. The molecule has 2 aromatic carbocycles. The average Bonchev–Trinajstić information content (AvgIpc) is 2.57. The van der Waals surface area contributed by atoms with Gasteiger partial charge in [0.1, 0.15) is 6.61 Å². The van der Waals surface area contributed by atoms with Crippen molar-refractivity contribution in [2.45, 2.75) is 16.0 Å². The quantitative estimate of drug-likeness (QED) is 0.418. The summed E-state index contributed by atoms with van der Waals surface area (Å²) in [6.07, 6.45) is -4.44. The Labute approximate surface area is 162 Å². The van der Waals surface area contributed by atoms with E-state index in [0.29, 0.717) is 4.90 Å². The molecule has 0 aromatic heterocycles. The Morgan fingerprint density at radius 2 is 1.89 bits per heavy atom. The van der Waals surface area contributed by atoms with Crippen molar-refractivity contribution < 1.29 is 31.1 Å². The number of primary sulfonamides is 1. The number of benzene rings is 2. The van der Waals surface area contributed by atoms with Gasteiger partial charge in [0.2, 0.25) is 10.0 Å². The molecule has 146 valence electrons. The smallest absolute Gasteiger partial charge is 0.416 e. The number of sulfonamides is 1. The van der Waals surface area contributed by atoms with Gasteiger partial charge < -0.3 is 4.74 Å². The van der Waals surface area contributed by atoms with Crippen molar-refractivity contribution in [3.63, 3.8) is 0 Å². The predicted octanol–water partition coefficient (Wildman–Crippen LogP) is 3.96. The maximum absolute atomic E-state index is 12.7. The fraction of sp³-hybridized carbons (Fsp3) is 0.188. The van der Waals surface area contributed by atoms with Crippen LogP contribution in [0.15, 0.2) is 52.3 Å². The second-order valence-corrected chi connectivity index (χ2v) is 8.33. The van der Waals surface area contributed by atoms with E-state index < -0.39 is 27.7 Å². The van der Waals surface area contributed by atoms with Crippen LogP contribution in [0.25, 0.3) is 0 Å². The van der Waals surface area contributed by atoms with Gasteiger partial charge in [0.25, 0.3) is 0 Å². The average molecular weight is 440 g/mol. The highest BCUT2D eigenvalue weighted by molar-refractivity contribution is 7.99. The molecular weight excluding hydrogens is 427 g/mol. The zero-order chi connectivity index (χ0) is 20.2. The van der Waals surface area contributed by atoms with E-state index in [2.05, 4.69) is 0 Å². The van der Waals surface area contributed by atoms with Gasteiger partial charge >= 0.3 is 12.1 Å². The van der Waals surface area contributed by atoms with Crippen LogP contribution >= 0.6 is 23.4 Å². The van der Waals surface area contributed by atoms with E-state index in [9.17, 15) is 26.4 Å². The van der Waals surface area contributed by atoms with Gasteiger partial charge in [-0.3, -0.25) is 0 Å². The second-order valence-electron chi connectivity index (χ2n) is 5.20. The molecule has 0 radical (unpaired) electrons. The lowest BCUT2D eigenvalue weighted by molar-refractivity contribution is -0.137. The van der Waals surface area contributed by atoms with E-state index >= 15 is 0 Å². The number of nitrogens with two attached hydrogens (primary N) is 1. The minimum absolute atomic E-state index is 0.0158. The van der Waals surface area contributed by atoms with Crippen LogP contribution in [0.2, 0.25) is 5.02 Å². The first-order chi connectivity index (χ1) is 12.5. The van der Waals surface area contributed by atoms with Gasteiger partial charge in [0.15, 0.2) is 0 Å². The Kier molecular flexibility index (Phi) is 6.79. The van der Waals surface area contributed by atoms with Crippen molar-refractivity contribution >= 4 is 39.4 Å². The van der Waals surface area contributed by atoms with E-state index in [4.69, 9.17) is 21.5 Å². The minimum atomic E-state index is -4.44. The summed E-state index contributed by atoms with van der Waals surface area (Å²) in [5, 5.41) is 4.98. The van der Waals surface area contributed by atoms with Crippen molar-refractivity contribution in [3.8, 4) is 0 Å². The lowest BCUT2D eigenvalue weighted by Crippen LogP contribution is -2.14. The summed E-state index contributed by atoms with van der Waals surface area (Å²) in [5.41, 5.74) is -0.941. The highest BCUT2D eigenvalue weighted by atomic mass is 35.5. The summed E-state index contributed by atoms with van der Waals surface area (Å²) in [6, 6.07) is 8.11. The SMILES string of the molecule is NS(=O)(=O)c1ccc(Cl)c(C(=O)OCCSc2cccc(C(F)(F)F)c2)c1. The molecule has 0 aliphatic carbocycles. The van der Waals surface area contributed by atoms with Crippen LogP contribution < -0.4 is 5.14 Å². The van der Waals surface area contributed by atoms with Gasteiger partial charge in [-0.15, -0.1) is 11.8 Å². The molecule has 0 aliphatic rings. The Morgan fingerprint density at radius 3 is 2.52 bits per heavy atom. The van der Waals surface area contributed by atoms with Gasteiger partial charge in [0, 0.05) is 10.6 Å². The van der Waals surface area contributed by atoms with Crippen LogP contribution in [0.1, 0.15) is 15.9 Å². The lowest BCUT2D eigenvalue weighted by atomic mass is 10.2. The Balaban J connectivity index is 1.96. The Bertz CT molecular complexity index is 949. The van der Waals surface area contributed by atoms with Crippen LogP contribution in [0.4, 0.5) is 13.2 Å². The largest absolute Gasteiger partial charge is 0.461 e. The van der Waals surface area contributed by atoms with E-state index in [-0.39, 0.29) is 27.8 Å². The van der Waals surface area contributed by atoms with Crippen LogP contribution in [-0.2, 0) is 20.9 Å². The number of hydrogen-bond donors (Lipinski definition) is 1. The number of carbonyl (C=O) groups is 1. The normalized spacial score (nSPS) is 12.0. The topological polar surface area (TPSA) is 86.5 Å². The number of carbonyl (C=O) groups excluding carboxylic acids is 1. The van der Waals surface area contributed by atoms with Crippen molar-refractivity contribution in [1.82, 2.24) is 0 Å². The molecule has 0 amide bonds. The van der Waals surface area contributed by atoms with Gasteiger partial charge in [-0.05, 0) is 36.4 Å². The molecule has 0 aliphatic heterocycles. The Hall–Kier alpha value is -1.75. The highest BCUT2D eigenvalue weighted by Crippen LogP contribution is 2.31. The molecule has 0 fully saturated rings. The molecule has 0 unspecified atom stereocenters. The highest BCUT2D eigenvalue weighted by Gasteiger charge is 2.30. The Morgan fingerprint density at radius 1 is 1.19 bits per heavy atom. The third-order valence-corrected chi connectivity index (χ3v) is 5.43. The van der Waals surface area contributed by atoms with Crippen molar-refractivity contribution in [2.24, 2.45) is 5.14 Å². The van der Waals surface area contributed by atoms with Gasteiger partial charge in [-0.2, -0.15) is 13.2 Å². The number of alkyl halides is 3.